The molecule has 0 rings (SSSR count). The Hall–Kier alpha value is -0.910. The van der Waals surface area contributed by atoms with E-state index in [1.54, 1.807) is 14.1 Å². The van der Waals surface area contributed by atoms with Gasteiger partial charge < -0.3 is 20.7 Å². The van der Waals surface area contributed by atoms with Crippen molar-refractivity contribution in [3.8, 4) is 0 Å². The number of hydroxylamine groups is 3. The minimum absolute atomic E-state index is 0.225. The first-order valence-corrected chi connectivity index (χ1v) is 11.4. The van der Waals surface area contributed by atoms with Gasteiger partial charge in [0.1, 0.15) is 0 Å². The standard InChI is InChI=1S/C18H34O2.C5H14N2O/c1-2-3-4-5-6-7-8-9-10-11-12-13-14-15-16-17-18(19)20;1-7(2,8)5-3-4-6/h9-10H,2-8,11-17H2,1H3,(H,19,20);3-6H2,1-2H3. The molecule has 0 aromatic rings. The second-order valence-electron chi connectivity index (χ2n) is 8.17. The zero-order chi connectivity index (χ0) is 21.5. The first-order chi connectivity index (χ1) is 13.3. The Kier molecular flexibility index (Phi) is 23.4. The Morgan fingerprint density at radius 3 is 1.71 bits per heavy atom. The molecule has 0 radical (unpaired) electrons. The summed E-state index contributed by atoms with van der Waals surface area (Å²) in [6.45, 7) is 3.50. The fourth-order valence-electron chi connectivity index (χ4n) is 2.82. The van der Waals surface area contributed by atoms with Crippen molar-refractivity contribution in [1.82, 2.24) is 0 Å². The number of unbranched alkanes of at least 4 members (excludes halogenated alkanes) is 11. The van der Waals surface area contributed by atoms with Crippen LogP contribution in [0.5, 0.6) is 0 Å². The quantitative estimate of drug-likeness (QED) is 0.127. The number of allylic oxidation sites excluding steroid dienone is 2. The van der Waals surface area contributed by atoms with Gasteiger partial charge >= 0.3 is 5.97 Å². The molecule has 0 aromatic heterocycles. The third kappa shape index (κ3) is 32.7. The number of carboxylic acids is 1. The van der Waals surface area contributed by atoms with Crippen LogP contribution in [0.25, 0.3) is 0 Å². The fourth-order valence-corrected chi connectivity index (χ4v) is 2.82. The molecule has 0 spiro atoms. The molecular weight excluding hydrogens is 352 g/mol. The topological polar surface area (TPSA) is 86.4 Å². The highest BCUT2D eigenvalue weighted by molar-refractivity contribution is 5.66. The third-order valence-electron chi connectivity index (χ3n) is 4.55. The molecule has 5 heteroatoms. The summed E-state index contributed by atoms with van der Waals surface area (Å²) in [5.74, 6) is -0.664. The van der Waals surface area contributed by atoms with Gasteiger partial charge in [0, 0.05) is 12.8 Å². The van der Waals surface area contributed by atoms with E-state index in [4.69, 9.17) is 10.8 Å². The van der Waals surface area contributed by atoms with E-state index < -0.39 is 5.97 Å². The van der Waals surface area contributed by atoms with Crippen molar-refractivity contribution in [3.05, 3.63) is 17.4 Å². The number of carboxylic acid groups (broad SMARTS) is 1. The Morgan fingerprint density at radius 2 is 1.32 bits per heavy atom. The van der Waals surface area contributed by atoms with Gasteiger partial charge in [-0.05, 0) is 38.6 Å². The van der Waals surface area contributed by atoms with Crippen LogP contribution in [0.3, 0.4) is 0 Å². The van der Waals surface area contributed by atoms with Crippen LogP contribution in [0, 0.1) is 5.21 Å². The van der Waals surface area contributed by atoms with E-state index in [0.717, 1.165) is 19.3 Å². The van der Waals surface area contributed by atoms with Crippen molar-refractivity contribution < 1.29 is 14.5 Å². The van der Waals surface area contributed by atoms with E-state index in [9.17, 15) is 10.0 Å². The van der Waals surface area contributed by atoms with Crippen LogP contribution in [0.15, 0.2) is 12.2 Å². The molecule has 0 aliphatic rings. The summed E-state index contributed by atoms with van der Waals surface area (Å²) < 4.78 is -0.225. The molecule has 0 saturated carbocycles. The van der Waals surface area contributed by atoms with Crippen molar-refractivity contribution in [1.29, 1.82) is 0 Å². The number of quaternary nitrogens is 1. The minimum Gasteiger partial charge on any atom is -0.633 e. The number of nitrogens with zero attached hydrogens (tertiary/aromatic N) is 1. The van der Waals surface area contributed by atoms with Crippen molar-refractivity contribution in [2.45, 2.75) is 103 Å². The summed E-state index contributed by atoms with van der Waals surface area (Å²) in [5, 5.41) is 19.3. The first-order valence-electron chi connectivity index (χ1n) is 11.4. The lowest BCUT2D eigenvalue weighted by atomic mass is 10.1. The maximum Gasteiger partial charge on any atom is 0.303 e. The molecule has 0 heterocycles. The van der Waals surface area contributed by atoms with Gasteiger partial charge in [0.05, 0.1) is 20.6 Å². The number of nitrogens with two attached hydrogens (primary N) is 1. The summed E-state index contributed by atoms with van der Waals surface area (Å²) in [6.07, 6.45) is 22.1. The maximum absolute atomic E-state index is 10.7. The van der Waals surface area contributed by atoms with Crippen LogP contribution in [0.1, 0.15) is 103 Å². The molecule has 0 fully saturated rings. The highest BCUT2D eigenvalue weighted by Crippen LogP contribution is 2.09. The van der Waals surface area contributed by atoms with Gasteiger partial charge in [0.2, 0.25) is 0 Å². The van der Waals surface area contributed by atoms with Crippen LogP contribution in [-0.2, 0) is 4.79 Å². The second-order valence-corrected chi connectivity index (χ2v) is 8.17. The molecule has 0 unspecified atom stereocenters. The van der Waals surface area contributed by atoms with E-state index in [2.05, 4.69) is 19.1 Å². The molecule has 0 atom stereocenters. The molecule has 0 amide bonds. The third-order valence-corrected chi connectivity index (χ3v) is 4.55. The van der Waals surface area contributed by atoms with Gasteiger partial charge in [-0.15, -0.1) is 0 Å². The Morgan fingerprint density at radius 1 is 0.857 bits per heavy atom. The largest absolute Gasteiger partial charge is 0.633 e. The van der Waals surface area contributed by atoms with Gasteiger partial charge in [0.15, 0.2) is 0 Å². The van der Waals surface area contributed by atoms with Crippen molar-refractivity contribution >= 4 is 5.97 Å². The van der Waals surface area contributed by atoms with Crippen LogP contribution in [-0.4, -0.2) is 42.9 Å². The molecule has 0 aliphatic heterocycles. The number of aliphatic carboxylic acids is 1. The monoisotopic (exact) mass is 400 g/mol. The van der Waals surface area contributed by atoms with Gasteiger partial charge in [-0.2, -0.15) is 0 Å². The Labute approximate surface area is 174 Å². The van der Waals surface area contributed by atoms with Crippen molar-refractivity contribution in [3.63, 3.8) is 0 Å². The molecule has 0 bridgehead atoms. The summed E-state index contributed by atoms with van der Waals surface area (Å²) >= 11 is 0. The molecule has 0 aromatic carbocycles. The molecule has 5 nitrogen and oxygen atoms in total. The van der Waals surface area contributed by atoms with Crippen LogP contribution in [0.4, 0.5) is 0 Å². The molecule has 3 N–H and O–H groups in total. The maximum atomic E-state index is 10.7. The smallest absolute Gasteiger partial charge is 0.303 e. The predicted octanol–water partition coefficient (Wildman–Crippen LogP) is 6.02. The minimum atomic E-state index is -0.664. The fraction of sp³-hybridized carbons (Fsp3) is 0.870. The Bertz CT molecular complexity index is 352. The lowest BCUT2D eigenvalue weighted by molar-refractivity contribution is -0.840. The molecule has 168 valence electrons. The second kappa shape index (κ2) is 22.4. The highest BCUT2D eigenvalue weighted by Gasteiger charge is 1.97. The number of rotatable bonds is 18. The summed E-state index contributed by atoms with van der Waals surface area (Å²) in [5.41, 5.74) is 5.19. The van der Waals surface area contributed by atoms with Crippen LogP contribution >= 0.6 is 0 Å². The normalized spacial score (nSPS) is 11.5. The Balaban J connectivity index is 0. The number of hydrogen-bond donors (Lipinski definition) is 2. The lowest BCUT2D eigenvalue weighted by Gasteiger charge is -2.33. The van der Waals surface area contributed by atoms with Gasteiger partial charge in [0.25, 0.3) is 0 Å². The SMILES string of the molecule is CCCCCCCCC=CCCCCCCCC(=O)O.C[N+](C)([O-])CCCN. The first kappa shape index (κ1) is 29.3. The van der Waals surface area contributed by atoms with Gasteiger partial charge in [-0.3, -0.25) is 4.79 Å². The molecule has 0 saturated heterocycles. The molecule has 28 heavy (non-hydrogen) atoms. The van der Waals surface area contributed by atoms with E-state index in [1.165, 1.54) is 70.6 Å². The predicted molar refractivity (Wildman–Crippen MR) is 121 cm³/mol. The molecular formula is C23H48N2O3. The van der Waals surface area contributed by atoms with E-state index in [0.29, 0.717) is 19.5 Å². The molecule has 0 aliphatic carbocycles. The van der Waals surface area contributed by atoms with E-state index in [-0.39, 0.29) is 4.65 Å². The average molecular weight is 401 g/mol. The average Bonchev–Trinajstić information content (AvgIpc) is 2.63. The zero-order valence-electron chi connectivity index (χ0n) is 19.0. The summed E-state index contributed by atoms with van der Waals surface area (Å²) in [4.78, 5) is 10.3. The summed E-state index contributed by atoms with van der Waals surface area (Å²) in [6, 6.07) is 0. The highest BCUT2D eigenvalue weighted by atomic mass is 16.5. The van der Waals surface area contributed by atoms with E-state index >= 15 is 0 Å². The van der Waals surface area contributed by atoms with Crippen molar-refractivity contribution in [2.24, 2.45) is 5.73 Å². The lowest BCUT2D eigenvalue weighted by Crippen LogP contribution is -2.34. The summed E-state index contributed by atoms with van der Waals surface area (Å²) in [7, 11) is 3.24. The van der Waals surface area contributed by atoms with Crippen LogP contribution in [0.2, 0.25) is 0 Å². The number of hydrogen-bond acceptors (Lipinski definition) is 3. The zero-order valence-corrected chi connectivity index (χ0v) is 19.0. The van der Waals surface area contributed by atoms with Crippen molar-refractivity contribution in [2.75, 3.05) is 27.2 Å². The number of carbonyl (C=O) groups is 1. The van der Waals surface area contributed by atoms with Gasteiger partial charge in [-0.25, -0.2) is 0 Å². The van der Waals surface area contributed by atoms with Crippen LogP contribution < -0.4 is 5.73 Å². The van der Waals surface area contributed by atoms with Gasteiger partial charge in [-0.1, -0.05) is 70.4 Å². The van der Waals surface area contributed by atoms with E-state index in [1.807, 2.05) is 0 Å².